The lowest BCUT2D eigenvalue weighted by atomic mass is 10.2. The van der Waals surface area contributed by atoms with E-state index in [0.717, 1.165) is 25.7 Å². The van der Waals surface area contributed by atoms with Crippen LogP contribution in [-0.2, 0) is 9.47 Å². The van der Waals surface area contributed by atoms with E-state index in [2.05, 4.69) is 19.2 Å². The number of aliphatic hydroxyl groups is 1. The van der Waals surface area contributed by atoms with Crippen molar-refractivity contribution in [3.63, 3.8) is 0 Å². The summed E-state index contributed by atoms with van der Waals surface area (Å²) >= 11 is 0. The van der Waals surface area contributed by atoms with Gasteiger partial charge in [0.1, 0.15) is 0 Å². The Labute approximate surface area is 105 Å². The van der Waals surface area contributed by atoms with Crippen LogP contribution in [0.4, 0.5) is 0 Å². The SMILES string of the molecule is CC(C)COCCNCC(O)COCC1CC1. The van der Waals surface area contributed by atoms with Crippen molar-refractivity contribution in [2.24, 2.45) is 11.8 Å². The monoisotopic (exact) mass is 245 g/mol. The van der Waals surface area contributed by atoms with Gasteiger partial charge in [-0.05, 0) is 24.7 Å². The van der Waals surface area contributed by atoms with E-state index < -0.39 is 6.10 Å². The van der Waals surface area contributed by atoms with Crippen molar-refractivity contribution in [2.45, 2.75) is 32.8 Å². The number of nitrogens with one attached hydrogen (secondary N) is 1. The van der Waals surface area contributed by atoms with Gasteiger partial charge in [0, 0.05) is 26.3 Å². The summed E-state index contributed by atoms with van der Waals surface area (Å²) in [5.74, 6) is 1.34. The summed E-state index contributed by atoms with van der Waals surface area (Å²) in [6.45, 7) is 8.39. The van der Waals surface area contributed by atoms with Crippen LogP contribution in [0.3, 0.4) is 0 Å². The van der Waals surface area contributed by atoms with Crippen LogP contribution in [0.15, 0.2) is 0 Å². The largest absolute Gasteiger partial charge is 0.389 e. The van der Waals surface area contributed by atoms with E-state index in [1.165, 1.54) is 12.8 Å². The van der Waals surface area contributed by atoms with Gasteiger partial charge < -0.3 is 19.9 Å². The highest BCUT2D eigenvalue weighted by molar-refractivity contribution is 4.72. The molecule has 102 valence electrons. The van der Waals surface area contributed by atoms with Crippen LogP contribution in [0.2, 0.25) is 0 Å². The molecule has 1 fully saturated rings. The van der Waals surface area contributed by atoms with E-state index in [4.69, 9.17) is 9.47 Å². The quantitative estimate of drug-likeness (QED) is 0.534. The lowest BCUT2D eigenvalue weighted by Crippen LogP contribution is -2.32. The third-order valence-electron chi connectivity index (χ3n) is 2.62. The third-order valence-corrected chi connectivity index (χ3v) is 2.62. The molecule has 1 aliphatic rings. The van der Waals surface area contributed by atoms with Crippen LogP contribution in [0.1, 0.15) is 26.7 Å². The molecule has 0 saturated heterocycles. The van der Waals surface area contributed by atoms with E-state index in [0.29, 0.717) is 25.7 Å². The van der Waals surface area contributed by atoms with Crippen LogP contribution < -0.4 is 5.32 Å². The van der Waals surface area contributed by atoms with E-state index in [1.807, 2.05) is 0 Å². The predicted octanol–water partition coefficient (Wildman–Crippen LogP) is 1.04. The molecule has 17 heavy (non-hydrogen) atoms. The Kier molecular flexibility index (Phi) is 7.77. The number of hydrogen-bond donors (Lipinski definition) is 2. The second-order valence-corrected chi connectivity index (χ2v) is 5.31. The zero-order chi connectivity index (χ0) is 12.5. The fourth-order valence-electron chi connectivity index (χ4n) is 1.45. The molecular formula is C13H27NO3. The first-order valence-electron chi connectivity index (χ1n) is 6.72. The number of ether oxygens (including phenoxy) is 2. The molecule has 1 saturated carbocycles. The van der Waals surface area contributed by atoms with Gasteiger partial charge >= 0.3 is 0 Å². The zero-order valence-electron chi connectivity index (χ0n) is 11.2. The van der Waals surface area contributed by atoms with Gasteiger partial charge in [-0.15, -0.1) is 0 Å². The topological polar surface area (TPSA) is 50.7 Å². The Morgan fingerprint density at radius 1 is 1.24 bits per heavy atom. The smallest absolute Gasteiger partial charge is 0.0897 e. The van der Waals surface area contributed by atoms with Crippen molar-refractivity contribution in [2.75, 3.05) is 39.5 Å². The average molecular weight is 245 g/mol. The van der Waals surface area contributed by atoms with Crippen LogP contribution >= 0.6 is 0 Å². The summed E-state index contributed by atoms with van der Waals surface area (Å²) < 4.78 is 10.8. The predicted molar refractivity (Wildman–Crippen MR) is 68.1 cm³/mol. The van der Waals surface area contributed by atoms with E-state index in [-0.39, 0.29) is 0 Å². The molecule has 0 aromatic carbocycles. The first-order chi connectivity index (χ1) is 8.18. The van der Waals surface area contributed by atoms with Crippen LogP contribution in [0, 0.1) is 11.8 Å². The van der Waals surface area contributed by atoms with Crippen LogP contribution in [0.5, 0.6) is 0 Å². The molecule has 0 aromatic heterocycles. The molecule has 0 amide bonds. The minimum absolute atomic E-state index is 0.404. The van der Waals surface area contributed by atoms with Crippen molar-refractivity contribution in [1.29, 1.82) is 0 Å². The molecule has 1 rings (SSSR count). The molecule has 0 radical (unpaired) electrons. The minimum Gasteiger partial charge on any atom is -0.389 e. The summed E-state index contributed by atoms with van der Waals surface area (Å²) in [7, 11) is 0. The fourth-order valence-corrected chi connectivity index (χ4v) is 1.45. The third kappa shape index (κ3) is 9.53. The van der Waals surface area contributed by atoms with E-state index in [1.54, 1.807) is 0 Å². The first-order valence-corrected chi connectivity index (χ1v) is 6.72. The number of hydrogen-bond acceptors (Lipinski definition) is 4. The molecule has 4 heteroatoms. The maximum absolute atomic E-state index is 9.60. The molecule has 0 spiro atoms. The second kappa shape index (κ2) is 8.86. The van der Waals surface area contributed by atoms with E-state index >= 15 is 0 Å². The van der Waals surface area contributed by atoms with Gasteiger partial charge in [0.15, 0.2) is 0 Å². The lowest BCUT2D eigenvalue weighted by molar-refractivity contribution is 0.0311. The Morgan fingerprint density at radius 3 is 2.65 bits per heavy atom. The molecular weight excluding hydrogens is 218 g/mol. The standard InChI is InChI=1S/C13H27NO3/c1-11(2)8-16-6-5-14-7-13(15)10-17-9-12-3-4-12/h11-15H,3-10H2,1-2H3. The highest BCUT2D eigenvalue weighted by atomic mass is 16.5. The van der Waals surface area contributed by atoms with Gasteiger partial charge in [-0.3, -0.25) is 0 Å². The van der Waals surface area contributed by atoms with Crippen molar-refractivity contribution in [1.82, 2.24) is 5.32 Å². The molecule has 1 unspecified atom stereocenters. The van der Waals surface area contributed by atoms with Crippen LogP contribution in [-0.4, -0.2) is 50.7 Å². The Balaban J connectivity index is 1.77. The number of rotatable bonds is 11. The molecule has 4 nitrogen and oxygen atoms in total. The van der Waals surface area contributed by atoms with Crippen molar-refractivity contribution in [3.8, 4) is 0 Å². The summed E-state index contributed by atoms with van der Waals surface area (Å²) in [4.78, 5) is 0. The Hall–Kier alpha value is -0.160. The summed E-state index contributed by atoms with van der Waals surface area (Å²) in [5.41, 5.74) is 0. The van der Waals surface area contributed by atoms with Crippen molar-refractivity contribution in [3.05, 3.63) is 0 Å². The highest BCUT2D eigenvalue weighted by Gasteiger charge is 2.21. The molecule has 0 heterocycles. The van der Waals surface area contributed by atoms with Gasteiger partial charge in [0.2, 0.25) is 0 Å². The lowest BCUT2D eigenvalue weighted by Gasteiger charge is -2.12. The summed E-state index contributed by atoms with van der Waals surface area (Å²) in [6.07, 6.45) is 2.18. The highest BCUT2D eigenvalue weighted by Crippen LogP contribution is 2.28. The molecule has 1 aliphatic carbocycles. The molecule has 0 aliphatic heterocycles. The maximum atomic E-state index is 9.60. The zero-order valence-corrected chi connectivity index (χ0v) is 11.2. The van der Waals surface area contributed by atoms with Gasteiger partial charge in [-0.25, -0.2) is 0 Å². The Morgan fingerprint density at radius 2 is 2.00 bits per heavy atom. The molecule has 2 N–H and O–H groups in total. The molecule has 1 atom stereocenters. The van der Waals surface area contributed by atoms with Gasteiger partial charge in [-0.2, -0.15) is 0 Å². The van der Waals surface area contributed by atoms with Crippen molar-refractivity contribution >= 4 is 0 Å². The van der Waals surface area contributed by atoms with Gasteiger partial charge in [0.05, 0.1) is 19.3 Å². The normalized spacial score (nSPS) is 17.6. The van der Waals surface area contributed by atoms with Crippen LogP contribution in [0.25, 0.3) is 0 Å². The average Bonchev–Trinajstić information content (AvgIpc) is 3.06. The van der Waals surface area contributed by atoms with E-state index in [9.17, 15) is 5.11 Å². The number of aliphatic hydroxyl groups excluding tert-OH is 1. The summed E-state index contributed by atoms with van der Waals surface area (Å²) in [5, 5.41) is 12.8. The summed E-state index contributed by atoms with van der Waals surface area (Å²) in [6, 6.07) is 0. The maximum Gasteiger partial charge on any atom is 0.0897 e. The fraction of sp³-hybridized carbons (Fsp3) is 1.00. The molecule has 0 bridgehead atoms. The second-order valence-electron chi connectivity index (χ2n) is 5.31. The first kappa shape index (κ1) is 14.9. The van der Waals surface area contributed by atoms with Gasteiger partial charge in [-0.1, -0.05) is 13.8 Å². The Bertz CT molecular complexity index is 184. The molecule has 0 aromatic rings. The van der Waals surface area contributed by atoms with Crippen molar-refractivity contribution < 1.29 is 14.6 Å². The van der Waals surface area contributed by atoms with Gasteiger partial charge in [0.25, 0.3) is 0 Å². The minimum atomic E-state index is -0.404.